The summed E-state index contributed by atoms with van der Waals surface area (Å²) in [7, 11) is 0. The molecule has 0 saturated carbocycles. The number of nitrogens with zero attached hydrogens (tertiary/aromatic N) is 2. The first-order chi connectivity index (χ1) is 9.22. The Morgan fingerprint density at radius 3 is 2.37 bits per heavy atom. The van der Waals surface area contributed by atoms with Gasteiger partial charge in [-0.2, -0.15) is 0 Å². The van der Waals surface area contributed by atoms with Gasteiger partial charge in [-0.3, -0.25) is 9.80 Å². The van der Waals surface area contributed by atoms with Crippen molar-refractivity contribution < 1.29 is 4.39 Å². The highest BCUT2D eigenvalue weighted by atomic mass is 19.1. The van der Waals surface area contributed by atoms with Crippen LogP contribution in [0.4, 0.5) is 4.39 Å². The first-order valence-electron chi connectivity index (χ1n) is 7.43. The molecule has 19 heavy (non-hydrogen) atoms. The number of piperazine rings is 1. The molecule has 1 aliphatic heterocycles. The minimum absolute atomic E-state index is 0.131. The number of rotatable bonds is 5. The lowest BCUT2D eigenvalue weighted by Gasteiger charge is -2.38. The zero-order chi connectivity index (χ0) is 13.7. The molecule has 0 N–H and O–H groups in total. The van der Waals surface area contributed by atoms with E-state index in [-0.39, 0.29) is 5.82 Å². The highest BCUT2D eigenvalue weighted by molar-refractivity contribution is 5.16. The number of hydrogen-bond donors (Lipinski definition) is 0. The largest absolute Gasteiger partial charge is 0.298 e. The topological polar surface area (TPSA) is 6.48 Å². The van der Waals surface area contributed by atoms with Crippen molar-refractivity contribution in [2.24, 2.45) is 0 Å². The third kappa shape index (κ3) is 4.02. The molecule has 2 rings (SSSR count). The van der Waals surface area contributed by atoms with Crippen molar-refractivity contribution in [2.75, 3.05) is 26.2 Å². The molecular formula is C16H25FN2. The van der Waals surface area contributed by atoms with E-state index in [1.54, 1.807) is 12.1 Å². The minimum Gasteiger partial charge on any atom is -0.298 e. The first kappa shape index (κ1) is 14.5. The van der Waals surface area contributed by atoms with Crippen LogP contribution in [-0.2, 0) is 6.54 Å². The van der Waals surface area contributed by atoms with E-state index in [2.05, 4.69) is 23.6 Å². The van der Waals surface area contributed by atoms with E-state index in [0.29, 0.717) is 0 Å². The molecule has 1 aromatic carbocycles. The summed E-state index contributed by atoms with van der Waals surface area (Å²) in [6.45, 7) is 9.87. The molecule has 2 nitrogen and oxygen atoms in total. The van der Waals surface area contributed by atoms with Gasteiger partial charge in [-0.05, 0) is 30.5 Å². The molecule has 1 heterocycles. The van der Waals surface area contributed by atoms with E-state index in [1.165, 1.54) is 18.9 Å². The summed E-state index contributed by atoms with van der Waals surface area (Å²) in [5.74, 6) is -0.131. The molecule has 0 radical (unpaired) electrons. The van der Waals surface area contributed by atoms with E-state index >= 15 is 0 Å². The van der Waals surface area contributed by atoms with Crippen LogP contribution in [0.1, 0.15) is 32.3 Å². The van der Waals surface area contributed by atoms with E-state index in [9.17, 15) is 4.39 Å². The lowest BCUT2D eigenvalue weighted by molar-refractivity contribution is 0.0881. The lowest BCUT2D eigenvalue weighted by atomic mass is 10.1. The van der Waals surface area contributed by atoms with Crippen LogP contribution in [0.15, 0.2) is 24.3 Å². The molecule has 1 aliphatic rings. The van der Waals surface area contributed by atoms with Crippen LogP contribution in [0.3, 0.4) is 0 Å². The summed E-state index contributed by atoms with van der Waals surface area (Å²) < 4.78 is 13.2. The smallest absolute Gasteiger partial charge is 0.123 e. The summed E-state index contributed by atoms with van der Waals surface area (Å²) in [5.41, 5.74) is 1.08. The molecule has 3 heteroatoms. The van der Waals surface area contributed by atoms with Gasteiger partial charge in [0, 0.05) is 38.8 Å². The molecule has 0 aromatic heterocycles. The number of hydrogen-bond acceptors (Lipinski definition) is 2. The Hall–Kier alpha value is -0.930. The Morgan fingerprint density at radius 1 is 1.11 bits per heavy atom. The molecule has 0 spiro atoms. The van der Waals surface area contributed by atoms with Crippen LogP contribution >= 0.6 is 0 Å². The highest BCUT2D eigenvalue weighted by Crippen LogP contribution is 2.14. The Bertz CT molecular complexity index is 382. The number of halogens is 1. The fourth-order valence-electron chi connectivity index (χ4n) is 2.99. The summed E-state index contributed by atoms with van der Waals surface area (Å²) in [6.07, 6.45) is 2.47. The van der Waals surface area contributed by atoms with E-state index in [0.717, 1.165) is 44.3 Å². The van der Waals surface area contributed by atoms with Gasteiger partial charge in [0.05, 0.1) is 0 Å². The second-order valence-corrected chi connectivity index (χ2v) is 5.41. The van der Waals surface area contributed by atoms with Gasteiger partial charge in [0.2, 0.25) is 0 Å². The van der Waals surface area contributed by atoms with Crippen LogP contribution in [0.2, 0.25) is 0 Å². The van der Waals surface area contributed by atoms with E-state index in [1.807, 2.05) is 6.07 Å². The third-order valence-corrected chi connectivity index (χ3v) is 4.16. The van der Waals surface area contributed by atoms with Crippen LogP contribution < -0.4 is 0 Å². The Balaban J connectivity index is 1.83. The number of benzene rings is 1. The summed E-state index contributed by atoms with van der Waals surface area (Å²) in [4.78, 5) is 5.02. The van der Waals surface area contributed by atoms with E-state index < -0.39 is 0 Å². The highest BCUT2D eigenvalue weighted by Gasteiger charge is 2.21. The fraction of sp³-hybridized carbons (Fsp3) is 0.625. The maximum absolute atomic E-state index is 13.2. The van der Waals surface area contributed by atoms with Crippen LogP contribution in [0.25, 0.3) is 0 Å². The molecule has 1 saturated heterocycles. The molecule has 0 bridgehead atoms. The zero-order valence-corrected chi connectivity index (χ0v) is 12.1. The van der Waals surface area contributed by atoms with Gasteiger partial charge >= 0.3 is 0 Å². The van der Waals surface area contributed by atoms with Gasteiger partial charge in [-0.15, -0.1) is 0 Å². The van der Waals surface area contributed by atoms with Gasteiger partial charge in [0.15, 0.2) is 0 Å². The van der Waals surface area contributed by atoms with Crippen molar-refractivity contribution in [3.8, 4) is 0 Å². The average molecular weight is 264 g/mol. The second kappa shape index (κ2) is 7.01. The molecule has 1 aromatic rings. The van der Waals surface area contributed by atoms with Crippen LogP contribution in [0.5, 0.6) is 0 Å². The maximum atomic E-state index is 13.2. The van der Waals surface area contributed by atoms with Crippen molar-refractivity contribution in [3.63, 3.8) is 0 Å². The molecule has 0 aliphatic carbocycles. The van der Waals surface area contributed by atoms with Gasteiger partial charge in [0.25, 0.3) is 0 Å². The van der Waals surface area contributed by atoms with Gasteiger partial charge in [-0.1, -0.05) is 26.0 Å². The molecule has 0 atom stereocenters. The molecule has 0 amide bonds. The van der Waals surface area contributed by atoms with Crippen LogP contribution in [-0.4, -0.2) is 42.0 Å². The van der Waals surface area contributed by atoms with Crippen LogP contribution in [0, 0.1) is 5.82 Å². The summed E-state index contributed by atoms with van der Waals surface area (Å²) >= 11 is 0. The van der Waals surface area contributed by atoms with Crippen molar-refractivity contribution in [1.82, 2.24) is 9.80 Å². The van der Waals surface area contributed by atoms with Crippen molar-refractivity contribution in [1.29, 1.82) is 0 Å². The third-order valence-electron chi connectivity index (χ3n) is 4.16. The van der Waals surface area contributed by atoms with Gasteiger partial charge in [0.1, 0.15) is 5.82 Å². The lowest BCUT2D eigenvalue weighted by Crippen LogP contribution is -2.49. The summed E-state index contributed by atoms with van der Waals surface area (Å²) in [5, 5.41) is 0. The van der Waals surface area contributed by atoms with Crippen molar-refractivity contribution in [2.45, 2.75) is 39.3 Å². The molecule has 106 valence electrons. The zero-order valence-electron chi connectivity index (χ0n) is 12.1. The second-order valence-electron chi connectivity index (χ2n) is 5.41. The fourth-order valence-corrected chi connectivity index (χ4v) is 2.99. The minimum atomic E-state index is -0.131. The Kier molecular flexibility index (Phi) is 5.34. The standard InChI is InChI=1S/C16H25FN2/c1-3-16(4-2)19-10-8-18(9-11-19)13-14-6-5-7-15(17)12-14/h5-7,12,16H,3-4,8-11,13H2,1-2H3. The predicted octanol–water partition coefficient (Wildman–Crippen LogP) is 3.13. The Morgan fingerprint density at radius 2 is 1.79 bits per heavy atom. The molecular weight excluding hydrogens is 239 g/mol. The first-order valence-corrected chi connectivity index (χ1v) is 7.43. The monoisotopic (exact) mass is 264 g/mol. The predicted molar refractivity (Wildman–Crippen MR) is 77.6 cm³/mol. The van der Waals surface area contributed by atoms with E-state index in [4.69, 9.17) is 0 Å². The molecule has 1 fully saturated rings. The maximum Gasteiger partial charge on any atom is 0.123 e. The van der Waals surface area contributed by atoms with Crippen molar-refractivity contribution >= 4 is 0 Å². The van der Waals surface area contributed by atoms with Crippen molar-refractivity contribution in [3.05, 3.63) is 35.6 Å². The SMILES string of the molecule is CCC(CC)N1CCN(Cc2cccc(F)c2)CC1. The quantitative estimate of drug-likeness (QED) is 0.806. The van der Waals surface area contributed by atoms with Gasteiger partial charge in [-0.25, -0.2) is 4.39 Å². The van der Waals surface area contributed by atoms with Gasteiger partial charge < -0.3 is 0 Å². The summed E-state index contributed by atoms with van der Waals surface area (Å²) in [6, 6.07) is 7.69. The normalized spacial score (nSPS) is 18.1. The molecule has 0 unspecified atom stereocenters. The Labute approximate surface area is 116 Å². The average Bonchev–Trinajstić information content (AvgIpc) is 2.42.